The van der Waals surface area contributed by atoms with Crippen molar-refractivity contribution in [3.8, 4) is 0 Å². The maximum absolute atomic E-state index is 12.8. The number of aromatic amines is 1. The van der Waals surface area contributed by atoms with E-state index in [1.807, 2.05) is 12.1 Å². The van der Waals surface area contributed by atoms with Gasteiger partial charge in [0.1, 0.15) is 12.2 Å². The number of aryl methyl sites for hydroxylation is 1. The van der Waals surface area contributed by atoms with E-state index in [-0.39, 0.29) is 23.2 Å². The van der Waals surface area contributed by atoms with Crippen molar-refractivity contribution in [2.45, 2.75) is 50.0 Å². The molecule has 132 valence electrons. The van der Waals surface area contributed by atoms with E-state index in [4.69, 9.17) is 0 Å². The van der Waals surface area contributed by atoms with Gasteiger partial charge in [-0.2, -0.15) is 5.10 Å². The number of H-pyrrole nitrogens is 1. The number of hydrogen-bond acceptors (Lipinski definition) is 4. The van der Waals surface area contributed by atoms with Crippen molar-refractivity contribution >= 4 is 5.91 Å². The van der Waals surface area contributed by atoms with Crippen LogP contribution in [0.4, 0.5) is 0 Å². The van der Waals surface area contributed by atoms with Crippen molar-refractivity contribution in [2.75, 3.05) is 6.54 Å². The van der Waals surface area contributed by atoms with Crippen molar-refractivity contribution in [2.24, 2.45) is 5.92 Å². The van der Waals surface area contributed by atoms with Gasteiger partial charge in [-0.1, -0.05) is 24.3 Å². The summed E-state index contributed by atoms with van der Waals surface area (Å²) in [4.78, 5) is 17.0. The molecule has 4 rings (SSSR count). The van der Waals surface area contributed by atoms with Crippen LogP contribution in [0, 0.1) is 12.8 Å². The highest BCUT2D eigenvalue weighted by Crippen LogP contribution is 2.49. The molecule has 2 aromatic rings. The molecule has 0 saturated heterocycles. The first-order chi connectivity index (χ1) is 12.1. The van der Waals surface area contributed by atoms with Crippen molar-refractivity contribution in [1.29, 1.82) is 0 Å². The second kappa shape index (κ2) is 6.26. The number of aliphatic hydroxyl groups excluding tert-OH is 1. The Hall–Kier alpha value is -2.21. The molecule has 2 fully saturated rings. The summed E-state index contributed by atoms with van der Waals surface area (Å²) in [5.41, 5.74) is 1.94. The van der Waals surface area contributed by atoms with E-state index in [1.165, 1.54) is 11.9 Å². The van der Waals surface area contributed by atoms with Crippen molar-refractivity contribution in [1.82, 2.24) is 20.5 Å². The topological polar surface area (TPSA) is 90.9 Å². The third-order valence-corrected chi connectivity index (χ3v) is 5.85. The summed E-state index contributed by atoms with van der Waals surface area (Å²) < 4.78 is 0. The highest BCUT2D eigenvalue weighted by atomic mass is 16.3. The van der Waals surface area contributed by atoms with Gasteiger partial charge in [0.2, 0.25) is 5.91 Å². The smallest absolute Gasteiger partial charge is 0.230 e. The minimum Gasteiger partial charge on any atom is -0.393 e. The predicted molar refractivity (Wildman–Crippen MR) is 93.0 cm³/mol. The highest BCUT2D eigenvalue weighted by Gasteiger charge is 2.52. The maximum Gasteiger partial charge on any atom is 0.230 e. The molecule has 2 saturated carbocycles. The molecular weight excluding hydrogens is 316 g/mol. The molecule has 1 aromatic carbocycles. The number of hydrogen-bond donors (Lipinski definition) is 3. The summed E-state index contributed by atoms with van der Waals surface area (Å²) in [5, 5.41) is 20.2. The number of amides is 1. The van der Waals surface area contributed by atoms with Crippen LogP contribution in [-0.2, 0) is 10.2 Å². The fraction of sp³-hybridized carbons (Fsp3) is 0.526. The van der Waals surface area contributed by atoms with Crippen LogP contribution < -0.4 is 5.32 Å². The lowest BCUT2D eigenvalue weighted by Gasteiger charge is -2.21. The summed E-state index contributed by atoms with van der Waals surface area (Å²) in [6, 6.07) is 8.13. The summed E-state index contributed by atoms with van der Waals surface area (Å²) in [6.45, 7) is 2.57. The quantitative estimate of drug-likeness (QED) is 0.774. The first-order valence-corrected chi connectivity index (χ1v) is 8.98. The van der Waals surface area contributed by atoms with Gasteiger partial charge in [-0.15, -0.1) is 0 Å². The van der Waals surface area contributed by atoms with Gasteiger partial charge >= 0.3 is 0 Å². The van der Waals surface area contributed by atoms with Crippen molar-refractivity contribution < 1.29 is 9.90 Å². The molecule has 6 heteroatoms. The van der Waals surface area contributed by atoms with E-state index in [0.29, 0.717) is 13.0 Å². The first-order valence-electron chi connectivity index (χ1n) is 8.98. The summed E-state index contributed by atoms with van der Waals surface area (Å²) in [6.07, 6.45) is 4.36. The van der Waals surface area contributed by atoms with E-state index in [1.54, 1.807) is 0 Å². The van der Waals surface area contributed by atoms with E-state index in [0.717, 1.165) is 30.7 Å². The molecule has 0 bridgehead atoms. The summed E-state index contributed by atoms with van der Waals surface area (Å²) >= 11 is 0. The SMILES string of the molecule is Cc1ccccc1C1(C(=O)NC[C@@H]2C[C@@H](c3ncn[nH]3)C[C@@H]2O)CC1. The molecule has 2 aliphatic rings. The van der Waals surface area contributed by atoms with Gasteiger partial charge in [0.25, 0.3) is 0 Å². The van der Waals surface area contributed by atoms with Gasteiger partial charge in [-0.05, 0) is 43.7 Å². The number of aliphatic hydroxyl groups is 1. The molecule has 0 spiro atoms. The number of carbonyl (C=O) groups excluding carboxylic acids is 1. The van der Waals surface area contributed by atoms with Crippen LogP contribution >= 0.6 is 0 Å². The van der Waals surface area contributed by atoms with E-state index < -0.39 is 6.10 Å². The van der Waals surface area contributed by atoms with Crippen LogP contribution in [0.3, 0.4) is 0 Å². The Balaban J connectivity index is 1.39. The number of nitrogens with zero attached hydrogens (tertiary/aromatic N) is 2. The normalized spacial score (nSPS) is 27.2. The lowest BCUT2D eigenvalue weighted by atomic mass is 9.91. The van der Waals surface area contributed by atoms with Gasteiger partial charge in [0.15, 0.2) is 0 Å². The van der Waals surface area contributed by atoms with Crippen LogP contribution in [0.2, 0.25) is 0 Å². The average Bonchev–Trinajstić information content (AvgIpc) is 3.06. The molecule has 1 amide bonds. The minimum atomic E-state index is -0.413. The van der Waals surface area contributed by atoms with E-state index in [2.05, 4.69) is 39.6 Å². The minimum absolute atomic E-state index is 0.0618. The molecule has 0 aliphatic heterocycles. The summed E-state index contributed by atoms with van der Waals surface area (Å²) in [5.74, 6) is 1.17. The first kappa shape index (κ1) is 16.3. The predicted octanol–water partition coefficient (Wildman–Crippen LogP) is 1.82. The molecule has 1 aromatic heterocycles. The Bertz CT molecular complexity index is 755. The van der Waals surface area contributed by atoms with Crippen LogP contribution in [0.15, 0.2) is 30.6 Å². The van der Waals surface area contributed by atoms with Crippen LogP contribution in [0.5, 0.6) is 0 Å². The molecule has 1 heterocycles. The Labute approximate surface area is 147 Å². The molecule has 25 heavy (non-hydrogen) atoms. The molecular formula is C19H24N4O2. The highest BCUT2D eigenvalue weighted by molar-refractivity contribution is 5.91. The third kappa shape index (κ3) is 2.95. The largest absolute Gasteiger partial charge is 0.393 e. The molecule has 2 aliphatic carbocycles. The zero-order valence-electron chi connectivity index (χ0n) is 14.4. The number of aromatic nitrogens is 3. The maximum atomic E-state index is 12.8. The van der Waals surface area contributed by atoms with Crippen LogP contribution in [0.25, 0.3) is 0 Å². The standard InChI is InChI=1S/C19H24N4O2/c1-12-4-2-3-5-15(12)19(6-7-19)18(25)20-10-14-8-13(9-16(14)24)17-21-11-22-23-17/h2-5,11,13-14,16,24H,6-10H2,1H3,(H,20,25)(H,21,22,23)/t13-,14+,16+/m1/s1. The molecule has 6 nitrogen and oxygen atoms in total. The number of nitrogens with one attached hydrogen (secondary N) is 2. The fourth-order valence-corrected chi connectivity index (χ4v) is 4.20. The monoisotopic (exact) mass is 340 g/mol. The third-order valence-electron chi connectivity index (χ3n) is 5.85. The van der Waals surface area contributed by atoms with Crippen molar-refractivity contribution in [3.63, 3.8) is 0 Å². The van der Waals surface area contributed by atoms with Crippen molar-refractivity contribution in [3.05, 3.63) is 47.5 Å². The van der Waals surface area contributed by atoms with E-state index >= 15 is 0 Å². The van der Waals surface area contributed by atoms with Gasteiger partial charge < -0.3 is 10.4 Å². The van der Waals surface area contributed by atoms with Gasteiger partial charge in [0.05, 0.1) is 11.5 Å². The Kier molecular flexibility index (Phi) is 4.07. The number of rotatable bonds is 5. The molecule has 3 atom stereocenters. The Morgan fingerprint density at radius 1 is 1.36 bits per heavy atom. The van der Waals surface area contributed by atoms with E-state index in [9.17, 15) is 9.90 Å². The Morgan fingerprint density at radius 3 is 2.84 bits per heavy atom. The fourth-order valence-electron chi connectivity index (χ4n) is 4.20. The number of carbonyl (C=O) groups is 1. The van der Waals surface area contributed by atoms with Crippen LogP contribution in [-0.4, -0.2) is 38.8 Å². The second-order valence-corrected chi connectivity index (χ2v) is 7.47. The average molecular weight is 340 g/mol. The van der Waals surface area contributed by atoms with Gasteiger partial charge in [-0.3, -0.25) is 9.89 Å². The lowest BCUT2D eigenvalue weighted by molar-refractivity contribution is -0.123. The Morgan fingerprint density at radius 2 is 2.16 bits per heavy atom. The molecule has 3 N–H and O–H groups in total. The lowest BCUT2D eigenvalue weighted by Crippen LogP contribution is -2.39. The molecule has 0 unspecified atom stereocenters. The van der Waals surface area contributed by atoms with Gasteiger partial charge in [0, 0.05) is 18.4 Å². The summed E-state index contributed by atoms with van der Waals surface area (Å²) in [7, 11) is 0. The number of benzene rings is 1. The zero-order chi connectivity index (χ0) is 17.4. The van der Waals surface area contributed by atoms with Gasteiger partial charge in [-0.25, -0.2) is 4.98 Å². The zero-order valence-corrected chi connectivity index (χ0v) is 14.4. The second-order valence-electron chi connectivity index (χ2n) is 7.47. The molecule has 0 radical (unpaired) electrons. The van der Waals surface area contributed by atoms with Crippen LogP contribution in [0.1, 0.15) is 48.6 Å².